The Morgan fingerprint density at radius 1 is 1.06 bits per heavy atom. The van der Waals surface area contributed by atoms with Crippen molar-refractivity contribution in [3.8, 4) is 28.9 Å². The lowest BCUT2D eigenvalue weighted by molar-refractivity contribution is -0.385. The topological polar surface area (TPSA) is 124 Å². The Labute approximate surface area is 188 Å². The van der Waals surface area contributed by atoms with Crippen molar-refractivity contribution in [2.75, 3.05) is 6.61 Å². The Hall–Kier alpha value is -4.06. The minimum Gasteiger partial charge on any atom is -0.546 e. The van der Waals surface area contributed by atoms with E-state index < -0.39 is 39.9 Å². The Balaban J connectivity index is 1.92. The number of carbonyl (C=O) groups is 1. The number of rotatable bonds is 8. The van der Waals surface area contributed by atoms with Gasteiger partial charge in [0.05, 0.1) is 16.5 Å². The van der Waals surface area contributed by atoms with Crippen molar-refractivity contribution in [2.24, 2.45) is 0 Å². The molecule has 1 aromatic heterocycles. The molecule has 0 saturated carbocycles. The van der Waals surface area contributed by atoms with Gasteiger partial charge in [-0.15, -0.1) is 0 Å². The molecule has 1 heterocycles. The summed E-state index contributed by atoms with van der Waals surface area (Å²) in [5.74, 6) is -2.36. The number of alkyl halides is 3. The van der Waals surface area contributed by atoms with Gasteiger partial charge in [-0.25, -0.2) is 4.98 Å². The molecule has 13 heteroatoms. The maximum atomic E-state index is 12.8. The number of aliphatic carboxylic acids is 1. The van der Waals surface area contributed by atoms with Gasteiger partial charge in [0, 0.05) is 18.3 Å². The summed E-state index contributed by atoms with van der Waals surface area (Å²) >= 11 is 5.82. The van der Waals surface area contributed by atoms with Crippen LogP contribution in [0, 0.1) is 10.1 Å². The Morgan fingerprint density at radius 2 is 1.76 bits per heavy atom. The van der Waals surface area contributed by atoms with Crippen LogP contribution in [-0.4, -0.2) is 22.5 Å². The third kappa shape index (κ3) is 6.01. The zero-order valence-corrected chi connectivity index (χ0v) is 16.9. The molecular formula is C20H11ClF3N2O7-. The van der Waals surface area contributed by atoms with Crippen LogP contribution in [0.15, 0.2) is 54.7 Å². The number of nitro groups is 1. The predicted molar refractivity (Wildman–Crippen MR) is 104 cm³/mol. The highest BCUT2D eigenvalue weighted by Gasteiger charge is 2.32. The van der Waals surface area contributed by atoms with E-state index in [4.69, 9.17) is 25.8 Å². The third-order valence-electron chi connectivity index (χ3n) is 3.89. The van der Waals surface area contributed by atoms with E-state index >= 15 is 0 Å². The van der Waals surface area contributed by atoms with Crippen LogP contribution >= 0.6 is 11.6 Å². The van der Waals surface area contributed by atoms with Gasteiger partial charge in [0.2, 0.25) is 11.6 Å². The third-order valence-corrected chi connectivity index (χ3v) is 4.16. The lowest BCUT2D eigenvalue weighted by atomic mass is 10.2. The first-order chi connectivity index (χ1) is 15.5. The fourth-order valence-electron chi connectivity index (χ4n) is 2.47. The highest BCUT2D eigenvalue weighted by Crippen LogP contribution is 2.40. The van der Waals surface area contributed by atoms with Crippen LogP contribution in [0.5, 0.6) is 28.9 Å². The maximum Gasteiger partial charge on any atom is 0.417 e. The summed E-state index contributed by atoms with van der Waals surface area (Å²) < 4.78 is 54.3. The summed E-state index contributed by atoms with van der Waals surface area (Å²) in [4.78, 5) is 24.8. The molecule has 0 fully saturated rings. The molecule has 33 heavy (non-hydrogen) atoms. The number of para-hydroxylation sites is 2. The van der Waals surface area contributed by atoms with E-state index in [2.05, 4.69) is 4.98 Å². The summed E-state index contributed by atoms with van der Waals surface area (Å²) in [7, 11) is 0. The molecule has 9 nitrogen and oxygen atoms in total. The largest absolute Gasteiger partial charge is 0.546 e. The molecule has 0 aliphatic carbocycles. The van der Waals surface area contributed by atoms with Crippen molar-refractivity contribution in [2.45, 2.75) is 6.18 Å². The van der Waals surface area contributed by atoms with Crippen LogP contribution < -0.4 is 19.3 Å². The molecule has 3 aromatic rings. The molecule has 0 N–H and O–H groups in total. The first-order valence-corrected chi connectivity index (χ1v) is 9.21. The summed E-state index contributed by atoms with van der Waals surface area (Å²) in [5, 5.41) is 21.6. The molecule has 172 valence electrons. The number of nitrogens with zero attached hydrogens (tertiary/aromatic N) is 2. The van der Waals surface area contributed by atoms with Crippen LogP contribution in [0.25, 0.3) is 0 Å². The van der Waals surface area contributed by atoms with E-state index in [0.29, 0.717) is 12.3 Å². The molecule has 0 aliphatic rings. The van der Waals surface area contributed by atoms with E-state index in [1.165, 1.54) is 30.3 Å². The fourth-order valence-corrected chi connectivity index (χ4v) is 2.67. The minimum atomic E-state index is -4.66. The SMILES string of the molecule is O=C([O-])COc1ccccc1Oc1cc(Oc2ncc(C(F)(F)F)cc2Cl)ccc1[N+](=O)[O-]. The molecule has 0 bridgehead atoms. The average Bonchev–Trinajstić information content (AvgIpc) is 2.73. The number of benzene rings is 2. The lowest BCUT2D eigenvalue weighted by Crippen LogP contribution is -2.29. The number of ether oxygens (including phenoxy) is 3. The molecule has 0 atom stereocenters. The van der Waals surface area contributed by atoms with Gasteiger partial charge in [0.25, 0.3) is 0 Å². The van der Waals surface area contributed by atoms with Crippen LogP contribution in [-0.2, 0) is 11.0 Å². The van der Waals surface area contributed by atoms with Crippen molar-refractivity contribution in [3.63, 3.8) is 0 Å². The van der Waals surface area contributed by atoms with Gasteiger partial charge in [-0.2, -0.15) is 13.2 Å². The van der Waals surface area contributed by atoms with Gasteiger partial charge in [0.15, 0.2) is 11.5 Å². The number of hydrogen-bond acceptors (Lipinski definition) is 8. The van der Waals surface area contributed by atoms with E-state index in [-0.39, 0.29) is 28.9 Å². The normalized spacial score (nSPS) is 11.0. The molecule has 0 spiro atoms. The molecule has 3 rings (SSSR count). The number of carbonyl (C=O) groups excluding carboxylic acids is 1. The fraction of sp³-hybridized carbons (Fsp3) is 0.100. The van der Waals surface area contributed by atoms with Gasteiger partial charge in [-0.3, -0.25) is 10.1 Å². The van der Waals surface area contributed by atoms with Crippen LogP contribution in [0.3, 0.4) is 0 Å². The van der Waals surface area contributed by atoms with Crippen LogP contribution in [0.4, 0.5) is 18.9 Å². The first kappa shape index (κ1) is 23.6. The second-order valence-electron chi connectivity index (χ2n) is 6.21. The number of hydrogen-bond donors (Lipinski definition) is 0. The molecule has 2 aromatic carbocycles. The maximum absolute atomic E-state index is 12.8. The zero-order valence-electron chi connectivity index (χ0n) is 16.2. The second-order valence-corrected chi connectivity index (χ2v) is 6.61. The zero-order chi connectivity index (χ0) is 24.2. The van der Waals surface area contributed by atoms with E-state index in [0.717, 1.165) is 12.1 Å². The predicted octanol–water partition coefficient (Wildman–Crippen LogP) is 4.38. The van der Waals surface area contributed by atoms with Crippen molar-refractivity contribution >= 4 is 23.3 Å². The number of nitro benzene ring substituents is 1. The molecular weight excluding hydrogens is 473 g/mol. The smallest absolute Gasteiger partial charge is 0.417 e. The molecule has 0 radical (unpaired) electrons. The van der Waals surface area contributed by atoms with Crippen LogP contribution in [0.1, 0.15) is 5.56 Å². The van der Waals surface area contributed by atoms with Gasteiger partial charge >= 0.3 is 11.9 Å². The number of aromatic nitrogens is 1. The Morgan fingerprint density at radius 3 is 2.36 bits per heavy atom. The number of pyridine rings is 1. The van der Waals surface area contributed by atoms with E-state index in [1.807, 2.05) is 0 Å². The number of halogens is 4. The Bertz CT molecular complexity index is 1200. The molecule has 0 unspecified atom stereocenters. The summed E-state index contributed by atoms with van der Waals surface area (Å²) in [6.45, 7) is -0.788. The highest BCUT2D eigenvalue weighted by molar-refractivity contribution is 6.31. The Kier molecular flexibility index (Phi) is 6.87. The van der Waals surface area contributed by atoms with Crippen molar-refractivity contribution in [1.29, 1.82) is 0 Å². The standard InChI is InChI=1S/C20H12ClF3N2O7/c21-13-7-11(20(22,23)24)9-25-19(13)32-12-5-6-14(26(29)30)17(8-12)33-16-4-2-1-3-15(16)31-10-18(27)28/h1-9H,10H2,(H,27,28)/p-1. The van der Waals surface area contributed by atoms with Gasteiger partial charge in [0.1, 0.15) is 17.4 Å². The van der Waals surface area contributed by atoms with Gasteiger partial charge in [-0.05, 0) is 24.3 Å². The van der Waals surface area contributed by atoms with Crippen molar-refractivity contribution < 1.29 is 42.2 Å². The van der Waals surface area contributed by atoms with Gasteiger partial charge < -0.3 is 24.1 Å². The van der Waals surface area contributed by atoms with E-state index in [9.17, 15) is 33.2 Å². The van der Waals surface area contributed by atoms with E-state index in [1.54, 1.807) is 0 Å². The summed E-state index contributed by atoms with van der Waals surface area (Å²) in [6.07, 6.45) is -4.13. The first-order valence-electron chi connectivity index (χ1n) is 8.83. The van der Waals surface area contributed by atoms with Crippen LogP contribution in [0.2, 0.25) is 5.02 Å². The monoisotopic (exact) mass is 483 g/mol. The van der Waals surface area contributed by atoms with Crippen molar-refractivity contribution in [1.82, 2.24) is 4.98 Å². The van der Waals surface area contributed by atoms with Crippen molar-refractivity contribution in [3.05, 3.63) is 75.4 Å². The molecule has 0 amide bonds. The summed E-state index contributed by atoms with van der Waals surface area (Å²) in [6, 6.07) is 9.68. The molecule has 0 saturated heterocycles. The molecule has 0 aliphatic heterocycles. The highest BCUT2D eigenvalue weighted by atomic mass is 35.5. The summed E-state index contributed by atoms with van der Waals surface area (Å²) in [5.41, 5.74) is -1.57. The second kappa shape index (κ2) is 9.61. The average molecular weight is 484 g/mol. The van der Waals surface area contributed by atoms with Gasteiger partial charge in [-0.1, -0.05) is 23.7 Å². The lowest BCUT2D eigenvalue weighted by Gasteiger charge is -2.14. The minimum absolute atomic E-state index is 0.0326. The number of carboxylic acids is 1. The number of carboxylic acid groups (broad SMARTS) is 1. The quantitative estimate of drug-likeness (QED) is 0.341.